The molecule has 5 rings (SSSR count). The molecule has 0 saturated carbocycles. The molecule has 2 aromatic carbocycles. The number of nitrogens with zero attached hydrogens (tertiary/aromatic N) is 3. The van der Waals surface area contributed by atoms with Crippen LogP contribution in [0, 0.1) is 5.92 Å². The summed E-state index contributed by atoms with van der Waals surface area (Å²) in [5.41, 5.74) is 1.44. The van der Waals surface area contributed by atoms with Gasteiger partial charge in [-0.3, -0.25) is 4.79 Å². The molecule has 0 aliphatic heterocycles. The molecule has 2 heterocycles. The van der Waals surface area contributed by atoms with Crippen LogP contribution < -0.4 is 5.32 Å². The summed E-state index contributed by atoms with van der Waals surface area (Å²) in [4.78, 5) is 17.5. The molecule has 0 unspecified atom stereocenters. The molecule has 1 aliphatic rings. The Kier molecular flexibility index (Phi) is 4.58. The van der Waals surface area contributed by atoms with Crippen LogP contribution in [-0.4, -0.2) is 20.5 Å². The number of hydrogen-bond donors (Lipinski definition) is 1. The summed E-state index contributed by atoms with van der Waals surface area (Å²) in [6.45, 7) is 2.00. The van der Waals surface area contributed by atoms with Crippen LogP contribution in [0.1, 0.15) is 35.0 Å². The van der Waals surface area contributed by atoms with E-state index in [1.54, 1.807) is 4.68 Å². The largest absolute Gasteiger partial charge is 0.416 e. The van der Waals surface area contributed by atoms with Crippen molar-refractivity contribution in [2.24, 2.45) is 5.92 Å². The van der Waals surface area contributed by atoms with Gasteiger partial charge < -0.3 is 5.32 Å². The quantitative estimate of drug-likeness (QED) is 0.422. The number of anilines is 2. The van der Waals surface area contributed by atoms with Gasteiger partial charge in [0.1, 0.15) is 0 Å². The number of halogens is 3. The second-order valence-electron chi connectivity index (χ2n) is 7.69. The van der Waals surface area contributed by atoms with Gasteiger partial charge in [-0.05, 0) is 42.7 Å². The number of Topliss-reactive ketones (excluding diaryl/α,β-unsaturated/α-hetero) is 1. The Balaban J connectivity index is 1.62. The van der Waals surface area contributed by atoms with E-state index in [2.05, 4.69) is 15.4 Å². The van der Waals surface area contributed by atoms with E-state index in [1.807, 2.05) is 31.2 Å². The molecule has 5 nitrogen and oxygen atoms in total. The van der Waals surface area contributed by atoms with Crippen molar-refractivity contribution in [1.29, 1.82) is 0 Å². The second-order valence-corrected chi connectivity index (χ2v) is 8.70. The molecule has 0 radical (unpaired) electrons. The first-order chi connectivity index (χ1) is 14.8. The number of para-hydroxylation sites is 1. The van der Waals surface area contributed by atoms with Crippen LogP contribution in [0.25, 0.3) is 15.3 Å². The minimum Gasteiger partial charge on any atom is -0.338 e. The van der Waals surface area contributed by atoms with Crippen molar-refractivity contribution in [2.75, 3.05) is 5.32 Å². The average molecular weight is 442 g/mol. The number of hydrogen-bond acceptors (Lipinski definition) is 5. The zero-order valence-corrected chi connectivity index (χ0v) is 17.2. The molecular formula is C22H17F3N4OS. The van der Waals surface area contributed by atoms with Gasteiger partial charge in [-0.15, -0.1) is 5.10 Å². The van der Waals surface area contributed by atoms with Crippen LogP contribution in [0.3, 0.4) is 0 Å². The molecule has 2 aromatic heterocycles. The van der Waals surface area contributed by atoms with Crippen LogP contribution in [0.5, 0.6) is 0 Å². The van der Waals surface area contributed by atoms with Gasteiger partial charge >= 0.3 is 6.18 Å². The van der Waals surface area contributed by atoms with Crippen LogP contribution in [0.4, 0.5) is 24.7 Å². The molecule has 0 fully saturated rings. The van der Waals surface area contributed by atoms with E-state index in [-0.39, 0.29) is 23.2 Å². The van der Waals surface area contributed by atoms with Crippen LogP contribution in [-0.2, 0) is 12.6 Å². The molecular weight excluding hydrogens is 425 g/mol. The van der Waals surface area contributed by atoms with Gasteiger partial charge in [0, 0.05) is 12.1 Å². The van der Waals surface area contributed by atoms with Gasteiger partial charge in [0.25, 0.3) is 0 Å². The molecule has 158 valence electrons. The Bertz CT molecular complexity index is 1270. The Morgan fingerprint density at radius 3 is 2.71 bits per heavy atom. The minimum atomic E-state index is -4.46. The standard InChI is InChI=1S/C22H17F3N4OS/c1-12-9-16-19(17(30)10-12)20(26-14-6-4-5-13(11-14)22(23,24)25)28-29(16)21-27-15-7-2-3-8-18(15)31-21/h2-8,11-12H,9-10H2,1H3,(H,26,28)/t12-/m0/s1. The van der Waals surface area contributed by atoms with Crippen molar-refractivity contribution >= 4 is 38.8 Å². The highest BCUT2D eigenvalue weighted by Gasteiger charge is 2.33. The lowest BCUT2D eigenvalue weighted by molar-refractivity contribution is -0.137. The molecule has 1 atom stereocenters. The molecule has 0 saturated heterocycles. The van der Waals surface area contributed by atoms with Crippen molar-refractivity contribution in [3.05, 3.63) is 65.4 Å². The van der Waals surface area contributed by atoms with E-state index in [0.717, 1.165) is 28.0 Å². The summed E-state index contributed by atoms with van der Waals surface area (Å²) in [6, 6.07) is 12.6. The number of thiazole rings is 1. The number of rotatable bonds is 3. The van der Waals surface area contributed by atoms with Crippen molar-refractivity contribution in [2.45, 2.75) is 25.9 Å². The number of carbonyl (C=O) groups is 1. The Morgan fingerprint density at radius 1 is 1.13 bits per heavy atom. The zero-order valence-electron chi connectivity index (χ0n) is 16.4. The van der Waals surface area contributed by atoms with Gasteiger partial charge in [0.15, 0.2) is 11.6 Å². The number of nitrogens with one attached hydrogen (secondary N) is 1. The highest BCUT2D eigenvalue weighted by atomic mass is 32.1. The van der Waals surface area contributed by atoms with E-state index in [1.165, 1.54) is 23.5 Å². The Hall–Kier alpha value is -3.20. The first kappa shape index (κ1) is 19.7. The third-order valence-corrected chi connectivity index (χ3v) is 6.26. The third-order valence-electron chi connectivity index (χ3n) is 5.25. The number of fused-ring (bicyclic) bond motifs is 2. The number of ketones is 1. The molecule has 1 N–H and O–H groups in total. The summed E-state index contributed by atoms with van der Waals surface area (Å²) >= 11 is 1.45. The van der Waals surface area contributed by atoms with E-state index in [4.69, 9.17) is 0 Å². The fraction of sp³-hybridized carbons (Fsp3) is 0.227. The van der Waals surface area contributed by atoms with Crippen molar-refractivity contribution in [3.8, 4) is 5.13 Å². The highest BCUT2D eigenvalue weighted by Crippen LogP contribution is 2.36. The monoisotopic (exact) mass is 442 g/mol. The lowest BCUT2D eigenvalue weighted by Gasteiger charge is -2.18. The van der Waals surface area contributed by atoms with Gasteiger partial charge in [-0.2, -0.15) is 13.2 Å². The third kappa shape index (κ3) is 3.59. The van der Waals surface area contributed by atoms with Crippen molar-refractivity contribution in [1.82, 2.24) is 14.8 Å². The van der Waals surface area contributed by atoms with Crippen molar-refractivity contribution < 1.29 is 18.0 Å². The van der Waals surface area contributed by atoms with E-state index in [0.29, 0.717) is 23.5 Å². The predicted octanol–water partition coefficient (Wildman–Crippen LogP) is 6.01. The topological polar surface area (TPSA) is 59.8 Å². The molecule has 9 heteroatoms. The van der Waals surface area contributed by atoms with E-state index in [9.17, 15) is 18.0 Å². The Morgan fingerprint density at radius 2 is 1.94 bits per heavy atom. The molecule has 0 amide bonds. The molecule has 0 spiro atoms. The van der Waals surface area contributed by atoms with Gasteiger partial charge in [0.2, 0.25) is 5.13 Å². The van der Waals surface area contributed by atoms with Crippen LogP contribution >= 0.6 is 11.3 Å². The molecule has 1 aliphatic carbocycles. The van der Waals surface area contributed by atoms with Gasteiger partial charge in [0.05, 0.1) is 27.0 Å². The molecule has 4 aromatic rings. The van der Waals surface area contributed by atoms with Gasteiger partial charge in [-0.1, -0.05) is 36.5 Å². The average Bonchev–Trinajstić information content (AvgIpc) is 3.29. The summed E-state index contributed by atoms with van der Waals surface area (Å²) in [6.07, 6.45) is -3.45. The maximum absolute atomic E-state index is 13.1. The smallest absolute Gasteiger partial charge is 0.338 e. The highest BCUT2D eigenvalue weighted by molar-refractivity contribution is 7.20. The first-order valence-electron chi connectivity index (χ1n) is 9.75. The van der Waals surface area contributed by atoms with Crippen molar-refractivity contribution in [3.63, 3.8) is 0 Å². The SMILES string of the molecule is C[C@@H]1CC(=O)c2c(Nc3cccc(C(F)(F)F)c3)nn(-c3nc4ccccc4s3)c2C1. The van der Waals surface area contributed by atoms with Crippen LogP contribution in [0.15, 0.2) is 48.5 Å². The lowest BCUT2D eigenvalue weighted by atomic mass is 9.88. The first-order valence-corrected chi connectivity index (χ1v) is 10.6. The molecule has 0 bridgehead atoms. The minimum absolute atomic E-state index is 0.0735. The zero-order chi connectivity index (χ0) is 21.8. The second kappa shape index (κ2) is 7.19. The fourth-order valence-corrected chi connectivity index (χ4v) is 4.80. The number of alkyl halides is 3. The number of carbonyl (C=O) groups excluding carboxylic acids is 1. The van der Waals surface area contributed by atoms with E-state index >= 15 is 0 Å². The summed E-state index contributed by atoms with van der Waals surface area (Å²) in [7, 11) is 0. The van der Waals surface area contributed by atoms with Gasteiger partial charge in [-0.25, -0.2) is 9.67 Å². The van der Waals surface area contributed by atoms with Crippen LogP contribution in [0.2, 0.25) is 0 Å². The number of benzene rings is 2. The molecule has 31 heavy (non-hydrogen) atoms. The summed E-state index contributed by atoms with van der Waals surface area (Å²) < 4.78 is 42.0. The normalized spacial score (nSPS) is 16.5. The number of aromatic nitrogens is 3. The maximum atomic E-state index is 13.1. The lowest BCUT2D eigenvalue weighted by Crippen LogP contribution is -2.19. The summed E-state index contributed by atoms with van der Waals surface area (Å²) in [5.74, 6) is 0.326. The predicted molar refractivity (Wildman–Crippen MR) is 113 cm³/mol. The maximum Gasteiger partial charge on any atom is 0.416 e. The fourth-order valence-electron chi connectivity index (χ4n) is 3.86. The Labute approximate surface area is 179 Å². The summed E-state index contributed by atoms with van der Waals surface area (Å²) in [5, 5.41) is 8.14. The van der Waals surface area contributed by atoms with E-state index < -0.39 is 11.7 Å².